The van der Waals surface area contributed by atoms with E-state index in [1.165, 1.54) is 0 Å². The Kier molecular flexibility index (Phi) is 2.26. The number of benzene rings is 1. The highest BCUT2D eigenvalue weighted by Crippen LogP contribution is 2.12. The van der Waals surface area contributed by atoms with Crippen molar-refractivity contribution in [3.05, 3.63) is 29.8 Å². The van der Waals surface area contributed by atoms with Crippen LogP contribution in [0.2, 0.25) is 0 Å². The van der Waals surface area contributed by atoms with Gasteiger partial charge in [0.25, 0.3) is 0 Å². The quantitative estimate of drug-likeness (QED) is 0.685. The van der Waals surface area contributed by atoms with E-state index >= 15 is 0 Å². The predicted molar refractivity (Wildman–Crippen MR) is 52.8 cm³/mol. The second-order valence-electron chi connectivity index (χ2n) is 3.36. The van der Waals surface area contributed by atoms with E-state index in [0.29, 0.717) is 13.0 Å². The fourth-order valence-corrected chi connectivity index (χ4v) is 1.53. The summed E-state index contributed by atoms with van der Waals surface area (Å²) in [4.78, 5) is 10.8. The zero-order valence-corrected chi connectivity index (χ0v) is 7.69. The molecule has 1 atom stereocenters. The minimum Gasteiger partial charge on any atom is -0.444 e. The number of hydrogen-bond donors (Lipinski definition) is 2. The van der Waals surface area contributed by atoms with E-state index in [0.717, 1.165) is 11.3 Å². The number of hydrogen-bond acceptors (Lipinski definition) is 3. The summed E-state index contributed by atoms with van der Waals surface area (Å²) in [6.07, 6.45) is 0.312. The molecular formula is C10H12N2O2. The molecule has 1 heterocycles. The van der Waals surface area contributed by atoms with Crippen molar-refractivity contribution < 1.29 is 9.53 Å². The number of cyclic esters (lactones) is 1. The highest BCUT2D eigenvalue weighted by atomic mass is 16.6. The molecule has 4 nitrogen and oxygen atoms in total. The van der Waals surface area contributed by atoms with Gasteiger partial charge in [0.15, 0.2) is 0 Å². The molecular weight excluding hydrogens is 180 g/mol. The lowest BCUT2D eigenvalue weighted by Crippen LogP contribution is -2.16. The van der Waals surface area contributed by atoms with Gasteiger partial charge in [0.2, 0.25) is 0 Å². The largest absolute Gasteiger partial charge is 0.444 e. The van der Waals surface area contributed by atoms with Crippen molar-refractivity contribution in [3.8, 4) is 0 Å². The summed E-state index contributed by atoms with van der Waals surface area (Å²) >= 11 is 0. The average molecular weight is 192 g/mol. The summed E-state index contributed by atoms with van der Waals surface area (Å²) in [5.74, 6) is 0. The van der Waals surface area contributed by atoms with Crippen LogP contribution in [0.5, 0.6) is 0 Å². The van der Waals surface area contributed by atoms with Gasteiger partial charge in [-0.15, -0.1) is 0 Å². The van der Waals surface area contributed by atoms with E-state index in [4.69, 9.17) is 10.5 Å². The maximum atomic E-state index is 10.8. The number of nitrogen functional groups attached to an aromatic ring is 1. The minimum absolute atomic E-state index is 0.0655. The van der Waals surface area contributed by atoms with Crippen molar-refractivity contribution in [3.63, 3.8) is 0 Å². The van der Waals surface area contributed by atoms with Crippen molar-refractivity contribution in [2.75, 3.05) is 12.3 Å². The van der Waals surface area contributed by atoms with E-state index in [9.17, 15) is 4.79 Å². The third-order valence-electron chi connectivity index (χ3n) is 2.16. The standard InChI is InChI=1S/C10H12N2O2/c11-8-3-1-2-7(4-8)5-9-6-12-10(13)14-9/h1-4,9H,5-6,11H2,(H,12,13). The highest BCUT2D eigenvalue weighted by Gasteiger charge is 2.22. The summed E-state index contributed by atoms with van der Waals surface area (Å²) in [7, 11) is 0. The first-order chi connectivity index (χ1) is 6.74. The van der Waals surface area contributed by atoms with Crippen LogP contribution in [0, 0.1) is 0 Å². The van der Waals surface area contributed by atoms with Crippen LogP contribution < -0.4 is 11.1 Å². The zero-order valence-electron chi connectivity index (χ0n) is 7.69. The number of amides is 1. The van der Waals surface area contributed by atoms with Crippen LogP contribution in [-0.4, -0.2) is 18.7 Å². The number of rotatable bonds is 2. The van der Waals surface area contributed by atoms with E-state index in [-0.39, 0.29) is 12.2 Å². The third kappa shape index (κ3) is 1.96. The molecule has 0 radical (unpaired) electrons. The molecule has 1 fully saturated rings. The van der Waals surface area contributed by atoms with E-state index in [1.807, 2.05) is 24.3 Å². The van der Waals surface area contributed by atoms with Crippen molar-refractivity contribution in [2.45, 2.75) is 12.5 Å². The molecule has 2 rings (SSSR count). The van der Waals surface area contributed by atoms with Crippen molar-refractivity contribution >= 4 is 11.8 Å². The van der Waals surface area contributed by atoms with Crippen LogP contribution in [-0.2, 0) is 11.2 Å². The molecule has 0 saturated carbocycles. The van der Waals surface area contributed by atoms with Crippen LogP contribution >= 0.6 is 0 Å². The fourth-order valence-electron chi connectivity index (χ4n) is 1.53. The monoisotopic (exact) mass is 192 g/mol. The molecule has 74 valence electrons. The lowest BCUT2D eigenvalue weighted by Gasteiger charge is -2.07. The number of nitrogens with two attached hydrogens (primary N) is 1. The minimum atomic E-state index is -0.334. The number of ether oxygens (including phenoxy) is 1. The number of nitrogens with one attached hydrogen (secondary N) is 1. The molecule has 4 heteroatoms. The predicted octanol–water partition coefficient (Wildman–Crippen LogP) is 0.920. The molecule has 1 aromatic carbocycles. The molecule has 14 heavy (non-hydrogen) atoms. The average Bonchev–Trinajstić information content (AvgIpc) is 2.51. The number of alkyl carbamates (subject to hydrolysis) is 1. The summed E-state index contributed by atoms with van der Waals surface area (Å²) < 4.78 is 5.01. The van der Waals surface area contributed by atoms with Gasteiger partial charge >= 0.3 is 6.09 Å². The maximum Gasteiger partial charge on any atom is 0.407 e. The van der Waals surface area contributed by atoms with Crippen LogP contribution in [0.15, 0.2) is 24.3 Å². The van der Waals surface area contributed by atoms with Crippen LogP contribution in [0.4, 0.5) is 10.5 Å². The van der Waals surface area contributed by atoms with Gasteiger partial charge in [-0.1, -0.05) is 12.1 Å². The first kappa shape index (κ1) is 8.87. The van der Waals surface area contributed by atoms with Crippen LogP contribution in [0.1, 0.15) is 5.56 Å². The molecule has 1 aromatic rings. The zero-order chi connectivity index (χ0) is 9.97. The Balaban J connectivity index is 2.00. The highest BCUT2D eigenvalue weighted by molar-refractivity contribution is 5.69. The second kappa shape index (κ2) is 3.57. The van der Waals surface area contributed by atoms with Gasteiger partial charge < -0.3 is 15.8 Å². The molecule has 1 aliphatic rings. The van der Waals surface area contributed by atoms with Gasteiger partial charge in [0.1, 0.15) is 6.10 Å². The van der Waals surface area contributed by atoms with Crippen LogP contribution in [0.25, 0.3) is 0 Å². The summed E-state index contributed by atoms with van der Waals surface area (Å²) in [5, 5.41) is 2.61. The molecule has 0 aromatic heterocycles. The molecule has 0 bridgehead atoms. The Morgan fingerprint density at radius 2 is 2.43 bits per heavy atom. The van der Waals surface area contributed by atoms with Crippen molar-refractivity contribution in [1.29, 1.82) is 0 Å². The van der Waals surface area contributed by atoms with Crippen LogP contribution in [0.3, 0.4) is 0 Å². The fraction of sp³-hybridized carbons (Fsp3) is 0.300. The van der Waals surface area contributed by atoms with Gasteiger partial charge in [-0.2, -0.15) is 0 Å². The Hall–Kier alpha value is -1.71. The Bertz CT molecular complexity index is 352. The topological polar surface area (TPSA) is 64.3 Å². The maximum absolute atomic E-state index is 10.8. The molecule has 0 aliphatic carbocycles. The first-order valence-corrected chi connectivity index (χ1v) is 4.53. The Labute approximate surface area is 82.1 Å². The lowest BCUT2D eigenvalue weighted by molar-refractivity contribution is 0.140. The lowest BCUT2D eigenvalue weighted by atomic mass is 10.1. The van der Waals surface area contributed by atoms with Gasteiger partial charge in [0, 0.05) is 12.1 Å². The van der Waals surface area contributed by atoms with Gasteiger partial charge in [-0.05, 0) is 17.7 Å². The third-order valence-corrected chi connectivity index (χ3v) is 2.16. The summed E-state index contributed by atoms with van der Waals surface area (Å²) in [6, 6.07) is 7.60. The second-order valence-corrected chi connectivity index (χ2v) is 3.36. The molecule has 0 spiro atoms. The number of carbonyl (C=O) groups is 1. The molecule has 3 N–H and O–H groups in total. The molecule has 1 amide bonds. The number of carbonyl (C=O) groups excluding carboxylic acids is 1. The van der Waals surface area contributed by atoms with Crippen molar-refractivity contribution in [2.24, 2.45) is 0 Å². The smallest absolute Gasteiger partial charge is 0.407 e. The Morgan fingerprint density at radius 1 is 1.57 bits per heavy atom. The summed E-state index contributed by atoms with van der Waals surface area (Å²) in [6.45, 7) is 0.577. The van der Waals surface area contributed by atoms with Crippen molar-refractivity contribution in [1.82, 2.24) is 5.32 Å². The Morgan fingerprint density at radius 3 is 3.07 bits per heavy atom. The SMILES string of the molecule is Nc1cccc(CC2CNC(=O)O2)c1. The normalized spacial score (nSPS) is 20.3. The molecule has 1 unspecified atom stereocenters. The molecule has 1 aliphatic heterocycles. The summed E-state index contributed by atoms with van der Waals surface area (Å²) in [5.41, 5.74) is 7.46. The first-order valence-electron chi connectivity index (χ1n) is 4.53. The van der Waals surface area contributed by atoms with Gasteiger partial charge in [0.05, 0.1) is 6.54 Å². The van der Waals surface area contributed by atoms with E-state index in [1.54, 1.807) is 0 Å². The van der Waals surface area contributed by atoms with Gasteiger partial charge in [-0.25, -0.2) is 4.79 Å². The molecule has 1 saturated heterocycles. The van der Waals surface area contributed by atoms with E-state index < -0.39 is 0 Å². The van der Waals surface area contributed by atoms with E-state index in [2.05, 4.69) is 5.32 Å². The number of anilines is 1. The van der Waals surface area contributed by atoms with Gasteiger partial charge in [-0.3, -0.25) is 0 Å².